The number of carboxylic acids is 1. The molecule has 0 amide bonds. The molecule has 0 bridgehead atoms. The number of nitrogens with two attached hydrogens (primary N) is 1. The van der Waals surface area contributed by atoms with Gasteiger partial charge in [0.25, 0.3) is 0 Å². The van der Waals surface area contributed by atoms with E-state index < -0.39 is 5.97 Å². The van der Waals surface area contributed by atoms with Gasteiger partial charge in [0.1, 0.15) is 0 Å². The van der Waals surface area contributed by atoms with Crippen LogP contribution in [0.5, 0.6) is 0 Å². The van der Waals surface area contributed by atoms with Gasteiger partial charge >= 0.3 is 5.97 Å². The van der Waals surface area contributed by atoms with Crippen LogP contribution in [-0.4, -0.2) is 11.1 Å². The van der Waals surface area contributed by atoms with Crippen LogP contribution in [0.1, 0.15) is 5.56 Å². The molecule has 0 aliphatic carbocycles. The molecule has 2 rings (SSSR count). The Bertz CT molecular complexity index is 599. The molecular formula is C14H12INO2S. The van der Waals surface area contributed by atoms with Crippen molar-refractivity contribution in [3.8, 4) is 0 Å². The third kappa shape index (κ3) is 4.14. The summed E-state index contributed by atoms with van der Waals surface area (Å²) >= 11 is 3.80. The Morgan fingerprint density at radius 1 is 1.16 bits per heavy atom. The maximum absolute atomic E-state index is 10.7. The number of benzene rings is 2. The van der Waals surface area contributed by atoms with Crippen LogP contribution >= 0.6 is 34.4 Å². The number of hydrogen-bond donors (Lipinski definition) is 2. The Morgan fingerprint density at radius 2 is 1.79 bits per heavy atom. The summed E-state index contributed by atoms with van der Waals surface area (Å²) in [7, 11) is 0. The molecule has 3 nitrogen and oxygen atoms in total. The normalized spacial score (nSPS) is 10.4. The van der Waals surface area contributed by atoms with E-state index in [0.29, 0.717) is 0 Å². The van der Waals surface area contributed by atoms with E-state index in [-0.39, 0.29) is 6.42 Å². The van der Waals surface area contributed by atoms with Crippen molar-refractivity contribution in [1.82, 2.24) is 0 Å². The molecule has 3 N–H and O–H groups in total. The first-order chi connectivity index (χ1) is 9.04. The number of carbonyl (C=O) groups is 1. The van der Waals surface area contributed by atoms with Crippen molar-refractivity contribution in [2.24, 2.45) is 0 Å². The summed E-state index contributed by atoms with van der Waals surface area (Å²) in [5, 5.41) is 8.80. The Hall–Kier alpha value is -1.21. The molecule has 0 saturated carbocycles. The lowest BCUT2D eigenvalue weighted by molar-refractivity contribution is -0.136. The van der Waals surface area contributed by atoms with Gasteiger partial charge in [0.05, 0.1) is 6.42 Å². The Morgan fingerprint density at radius 3 is 2.37 bits per heavy atom. The zero-order valence-electron chi connectivity index (χ0n) is 9.97. The highest BCUT2D eigenvalue weighted by molar-refractivity contribution is 14.1. The van der Waals surface area contributed by atoms with Crippen LogP contribution in [0, 0.1) is 3.57 Å². The van der Waals surface area contributed by atoms with Gasteiger partial charge in [-0.15, -0.1) is 0 Å². The number of nitrogen functional groups attached to an aromatic ring is 1. The van der Waals surface area contributed by atoms with Crippen molar-refractivity contribution in [3.05, 3.63) is 51.6 Å². The van der Waals surface area contributed by atoms with E-state index in [1.54, 1.807) is 11.8 Å². The van der Waals surface area contributed by atoms with Gasteiger partial charge in [-0.1, -0.05) is 17.8 Å². The average Bonchev–Trinajstić information content (AvgIpc) is 2.35. The van der Waals surface area contributed by atoms with E-state index in [1.807, 2.05) is 42.5 Å². The van der Waals surface area contributed by atoms with Gasteiger partial charge in [0.2, 0.25) is 0 Å². The first kappa shape index (κ1) is 14.2. The summed E-state index contributed by atoms with van der Waals surface area (Å²) in [6.07, 6.45) is 0.0606. The molecule has 2 aromatic rings. The molecule has 0 radical (unpaired) electrons. The number of hydrogen-bond acceptors (Lipinski definition) is 3. The molecule has 2 aromatic carbocycles. The molecule has 0 atom stereocenters. The van der Waals surface area contributed by atoms with Gasteiger partial charge in [-0.2, -0.15) is 0 Å². The van der Waals surface area contributed by atoms with Crippen LogP contribution in [0.25, 0.3) is 0 Å². The summed E-state index contributed by atoms with van der Waals surface area (Å²) < 4.78 is 0.973. The standard InChI is InChI=1S/C14H12INO2S/c15-13-8-12(4-1-9(13)7-14(17)18)19-11-5-2-10(16)3-6-11/h1-6,8H,7,16H2,(H,17,18). The van der Waals surface area contributed by atoms with E-state index in [9.17, 15) is 4.79 Å². The topological polar surface area (TPSA) is 63.3 Å². The van der Waals surface area contributed by atoms with Gasteiger partial charge in [0.15, 0.2) is 0 Å². The molecule has 19 heavy (non-hydrogen) atoms. The van der Waals surface area contributed by atoms with Gasteiger partial charge < -0.3 is 10.8 Å². The zero-order chi connectivity index (χ0) is 13.8. The fourth-order valence-electron chi connectivity index (χ4n) is 1.57. The van der Waals surface area contributed by atoms with Crippen molar-refractivity contribution in [2.45, 2.75) is 16.2 Å². The molecule has 0 unspecified atom stereocenters. The molecule has 0 fully saturated rings. The Kier molecular flexibility index (Phi) is 4.71. The summed E-state index contributed by atoms with van der Waals surface area (Å²) in [6.45, 7) is 0. The van der Waals surface area contributed by atoms with E-state index in [1.165, 1.54) is 0 Å². The minimum absolute atomic E-state index is 0.0606. The maximum Gasteiger partial charge on any atom is 0.307 e. The SMILES string of the molecule is Nc1ccc(Sc2ccc(CC(=O)O)c(I)c2)cc1. The molecule has 0 saturated heterocycles. The molecule has 0 aliphatic rings. The number of rotatable bonds is 4. The number of aliphatic carboxylic acids is 1. The number of halogens is 1. The minimum atomic E-state index is -0.808. The first-order valence-electron chi connectivity index (χ1n) is 5.58. The van der Waals surface area contributed by atoms with Crippen LogP contribution in [-0.2, 0) is 11.2 Å². The van der Waals surface area contributed by atoms with Crippen LogP contribution in [0.4, 0.5) is 5.69 Å². The second-order valence-corrected chi connectivity index (χ2v) is 6.30. The monoisotopic (exact) mass is 385 g/mol. The summed E-state index contributed by atoms with van der Waals surface area (Å²) in [5.74, 6) is -0.808. The van der Waals surface area contributed by atoms with Crippen molar-refractivity contribution in [2.75, 3.05) is 5.73 Å². The molecule has 0 aromatic heterocycles. The highest BCUT2D eigenvalue weighted by atomic mass is 127. The maximum atomic E-state index is 10.7. The lowest BCUT2D eigenvalue weighted by atomic mass is 10.2. The van der Waals surface area contributed by atoms with Crippen molar-refractivity contribution in [3.63, 3.8) is 0 Å². The van der Waals surface area contributed by atoms with E-state index in [2.05, 4.69) is 22.6 Å². The fraction of sp³-hybridized carbons (Fsp3) is 0.0714. The van der Waals surface area contributed by atoms with E-state index in [4.69, 9.17) is 10.8 Å². The summed E-state index contributed by atoms with van der Waals surface area (Å²) in [6, 6.07) is 13.5. The van der Waals surface area contributed by atoms with Crippen molar-refractivity contribution >= 4 is 46.0 Å². The Balaban J connectivity index is 2.15. The predicted molar refractivity (Wildman–Crippen MR) is 85.5 cm³/mol. The highest BCUT2D eigenvalue weighted by Gasteiger charge is 2.06. The van der Waals surface area contributed by atoms with E-state index >= 15 is 0 Å². The molecular weight excluding hydrogens is 373 g/mol. The average molecular weight is 385 g/mol. The quantitative estimate of drug-likeness (QED) is 0.623. The highest BCUT2D eigenvalue weighted by Crippen LogP contribution is 2.30. The Labute approximate surface area is 129 Å². The first-order valence-corrected chi connectivity index (χ1v) is 7.48. The van der Waals surface area contributed by atoms with Crippen molar-refractivity contribution in [1.29, 1.82) is 0 Å². The lowest BCUT2D eigenvalue weighted by Crippen LogP contribution is -2.01. The van der Waals surface area contributed by atoms with Crippen LogP contribution in [0.15, 0.2) is 52.3 Å². The van der Waals surface area contributed by atoms with Gasteiger partial charge in [-0.3, -0.25) is 4.79 Å². The second-order valence-electron chi connectivity index (χ2n) is 3.99. The largest absolute Gasteiger partial charge is 0.481 e. The van der Waals surface area contributed by atoms with Gasteiger partial charge in [-0.05, 0) is 64.6 Å². The van der Waals surface area contributed by atoms with Crippen molar-refractivity contribution < 1.29 is 9.90 Å². The van der Waals surface area contributed by atoms with Crippen LogP contribution < -0.4 is 5.73 Å². The summed E-state index contributed by atoms with van der Waals surface area (Å²) in [4.78, 5) is 12.9. The number of anilines is 1. The third-order valence-corrected chi connectivity index (χ3v) is 4.48. The molecule has 98 valence electrons. The number of carboxylic acid groups (broad SMARTS) is 1. The predicted octanol–water partition coefficient (Wildman–Crippen LogP) is 3.65. The molecule has 5 heteroatoms. The zero-order valence-corrected chi connectivity index (χ0v) is 12.9. The smallest absolute Gasteiger partial charge is 0.307 e. The lowest BCUT2D eigenvalue weighted by Gasteiger charge is -2.06. The van der Waals surface area contributed by atoms with Crippen LogP contribution in [0.3, 0.4) is 0 Å². The minimum Gasteiger partial charge on any atom is -0.481 e. The molecule has 0 aliphatic heterocycles. The molecule has 0 spiro atoms. The summed E-state index contributed by atoms with van der Waals surface area (Å²) in [5.41, 5.74) is 7.23. The molecule has 0 heterocycles. The fourth-order valence-corrected chi connectivity index (χ4v) is 3.34. The van der Waals surface area contributed by atoms with Gasteiger partial charge in [0, 0.05) is 19.0 Å². The second kappa shape index (κ2) is 6.29. The third-order valence-electron chi connectivity index (χ3n) is 2.48. The van der Waals surface area contributed by atoms with Crippen LogP contribution in [0.2, 0.25) is 0 Å². The van der Waals surface area contributed by atoms with Gasteiger partial charge in [-0.25, -0.2) is 0 Å². The van der Waals surface area contributed by atoms with E-state index in [0.717, 1.165) is 24.6 Å².